The van der Waals surface area contributed by atoms with Crippen LogP contribution in [0.15, 0.2) is 12.2 Å². The van der Waals surface area contributed by atoms with Gasteiger partial charge in [-0.25, -0.2) is 4.79 Å². The average molecular weight is 270 g/mol. The molecule has 0 aromatic carbocycles. The smallest absolute Gasteiger partial charge is 0.333 e. The second-order valence-electron chi connectivity index (χ2n) is 4.48. The first-order valence-electron chi connectivity index (χ1n) is 6.35. The number of aldehydes is 2. The van der Waals surface area contributed by atoms with Crippen molar-refractivity contribution in [1.29, 1.82) is 0 Å². The fourth-order valence-electron chi connectivity index (χ4n) is 1.51. The lowest BCUT2D eigenvalue weighted by Gasteiger charge is -2.22. The maximum atomic E-state index is 11.4. The van der Waals surface area contributed by atoms with Crippen molar-refractivity contribution in [2.75, 3.05) is 0 Å². The Morgan fingerprint density at radius 3 is 2.42 bits per heavy atom. The highest BCUT2D eigenvalue weighted by atomic mass is 16.5. The molecular formula is C14H22O5. The second-order valence-corrected chi connectivity index (χ2v) is 4.48. The summed E-state index contributed by atoms with van der Waals surface area (Å²) in [6, 6.07) is 0. The summed E-state index contributed by atoms with van der Waals surface area (Å²) in [5.74, 6) is -0.432. The van der Waals surface area contributed by atoms with E-state index in [0.717, 1.165) is 0 Å². The zero-order valence-corrected chi connectivity index (χ0v) is 11.8. The lowest BCUT2D eigenvalue weighted by atomic mass is 10.1. The Kier molecular flexibility index (Phi) is 8.70. The quantitative estimate of drug-likeness (QED) is 0.344. The summed E-state index contributed by atoms with van der Waals surface area (Å²) in [7, 11) is 0. The summed E-state index contributed by atoms with van der Waals surface area (Å²) in [5, 5.41) is 0. The molecule has 3 unspecified atom stereocenters. The lowest BCUT2D eigenvalue weighted by molar-refractivity contribution is -0.147. The Bertz CT molecular complexity index is 324. The minimum absolute atomic E-state index is 0.0379. The third-order valence-electron chi connectivity index (χ3n) is 2.56. The second kappa shape index (κ2) is 9.44. The van der Waals surface area contributed by atoms with E-state index in [-0.39, 0.29) is 18.6 Å². The fourth-order valence-corrected chi connectivity index (χ4v) is 1.51. The maximum absolute atomic E-state index is 11.4. The third kappa shape index (κ3) is 7.51. The molecule has 0 spiro atoms. The molecule has 5 nitrogen and oxygen atoms in total. The Hall–Kier alpha value is -1.49. The number of hydrogen-bond acceptors (Lipinski definition) is 5. The molecule has 0 N–H and O–H groups in total. The van der Waals surface area contributed by atoms with Gasteiger partial charge in [-0.2, -0.15) is 0 Å². The molecule has 0 fully saturated rings. The van der Waals surface area contributed by atoms with Crippen LogP contribution in [0.1, 0.15) is 40.0 Å². The predicted octanol–water partition coefficient (Wildman–Crippen LogP) is 1.84. The van der Waals surface area contributed by atoms with Gasteiger partial charge in [-0.1, -0.05) is 13.5 Å². The van der Waals surface area contributed by atoms with Crippen LogP contribution in [-0.2, 0) is 23.9 Å². The molecule has 5 heteroatoms. The summed E-state index contributed by atoms with van der Waals surface area (Å²) in [4.78, 5) is 32.4. The highest BCUT2D eigenvalue weighted by Crippen LogP contribution is 2.13. The van der Waals surface area contributed by atoms with Crippen molar-refractivity contribution in [2.24, 2.45) is 0 Å². The van der Waals surface area contributed by atoms with Crippen LogP contribution in [0.3, 0.4) is 0 Å². The van der Waals surface area contributed by atoms with Gasteiger partial charge >= 0.3 is 5.97 Å². The fraction of sp³-hybridized carbons (Fsp3) is 0.643. The Balaban J connectivity index is 4.29. The largest absolute Gasteiger partial charge is 0.459 e. The van der Waals surface area contributed by atoms with Crippen LogP contribution in [0.4, 0.5) is 0 Å². The molecule has 0 rings (SSSR count). The molecule has 0 aliphatic rings. The molecule has 108 valence electrons. The van der Waals surface area contributed by atoms with Crippen molar-refractivity contribution < 1.29 is 23.9 Å². The Morgan fingerprint density at radius 2 is 2.00 bits per heavy atom. The van der Waals surface area contributed by atoms with Crippen molar-refractivity contribution in [3.8, 4) is 0 Å². The van der Waals surface area contributed by atoms with Gasteiger partial charge in [0.2, 0.25) is 0 Å². The normalized spacial score (nSPS) is 15.1. The van der Waals surface area contributed by atoms with Gasteiger partial charge in [0.05, 0.1) is 6.10 Å². The minimum atomic E-state index is -0.734. The molecule has 0 amide bonds. The van der Waals surface area contributed by atoms with Crippen LogP contribution in [0.2, 0.25) is 0 Å². The van der Waals surface area contributed by atoms with Crippen LogP contribution in [0.5, 0.6) is 0 Å². The number of hydrogen-bond donors (Lipinski definition) is 0. The highest BCUT2D eigenvalue weighted by Gasteiger charge is 2.19. The maximum Gasteiger partial charge on any atom is 0.333 e. The molecule has 0 aromatic heterocycles. The molecule has 0 aliphatic heterocycles. The molecule has 19 heavy (non-hydrogen) atoms. The SMILES string of the molecule is C=C(C)C(=O)OC(CC)CC(C)OC(C=O)CC=O. The molecule has 0 aliphatic carbocycles. The van der Waals surface area contributed by atoms with Crippen LogP contribution in [0.25, 0.3) is 0 Å². The average Bonchev–Trinajstić information content (AvgIpc) is 2.36. The van der Waals surface area contributed by atoms with E-state index >= 15 is 0 Å². The van der Waals surface area contributed by atoms with Crippen molar-refractivity contribution in [3.05, 3.63) is 12.2 Å². The van der Waals surface area contributed by atoms with E-state index in [1.807, 2.05) is 6.92 Å². The van der Waals surface area contributed by atoms with Gasteiger partial charge in [-0.05, 0) is 20.3 Å². The van der Waals surface area contributed by atoms with Crippen molar-refractivity contribution in [1.82, 2.24) is 0 Å². The summed E-state index contributed by atoms with van der Waals surface area (Å²) in [6.45, 7) is 8.77. The first-order valence-corrected chi connectivity index (χ1v) is 6.35. The van der Waals surface area contributed by atoms with Crippen LogP contribution >= 0.6 is 0 Å². The van der Waals surface area contributed by atoms with E-state index in [2.05, 4.69) is 6.58 Å². The number of ether oxygens (including phenoxy) is 2. The minimum Gasteiger partial charge on any atom is -0.459 e. The number of esters is 1. The van der Waals surface area contributed by atoms with E-state index in [1.54, 1.807) is 13.8 Å². The van der Waals surface area contributed by atoms with Crippen molar-refractivity contribution >= 4 is 18.5 Å². The molecule has 0 radical (unpaired) electrons. The molecule has 3 atom stereocenters. The van der Waals surface area contributed by atoms with E-state index in [0.29, 0.717) is 31.0 Å². The number of carbonyl (C=O) groups is 3. The summed E-state index contributed by atoms with van der Waals surface area (Å²) >= 11 is 0. The summed E-state index contributed by atoms with van der Waals surface area (Å²) in [6.07, 6.45) is 1.10. The van der Waals surface area contributed by atoms with Gasteiger partial charge in [-0.3, -0.25) is 0 Å². The number of rotatable bonds is 10. The summed E-state index contributed by atoms with van der Waals surface area (Å²) < 4.78 is 10.6. The van der Waals surface area contributed by atoms with E-state index in [1.165, 1.54) is 0 Å². The first kappa shape index (κ1) is 17.5. The highest BCUT2D eigenvalue weighted by molar-refractivity contribution is 5.87. The standard InChI is InChI=1S/C14H22O5/c1-5-12(19-14(17)10(2)3)8-11(4)18-13(9-16)6-7-15/h7,9,11-13H,2,5-6,8H2,1,3-4H3. The predicted molar refractivity (Wildman–Crippen MR) is 70.7 cm³/mol. The molecule has 0 heterocycles. The lowest BCUT2D eigenvalue weighted by Crippen LogP contribution is -2.28. The Labute approximate surface area is 114 Å². The van der Waals surface area contributed by atoms with Gasteiger partial charge in [0.1, 0.15) is 24.8 Å². The monoisotopic (exact) mass is 270 g/mol. The molecule has 0 saturated carbocycles. The Morgan fingerprint density at radius 1 is 1.37 bits per heavy atom. The number of carbonyl (C=O) groups excluding carboxylic acids is 3. The molecular weight excluding hydrogens is 248 g/mol. The zero-order chi connectivity index (χ0) is 14.8. The van der Waals surface area contributed by atoms with Crippen LogP contribution in [0, 0.1) is 0 Å². The van der Waals surface area contributed by atoms with Crippen molar-refractivity contribution in [3.63, 3.8) is 0 Å². The van der Waals surface area contributed by atoms with Crippen LogP contribution in [-0.4, -0.2) is 36.9 Å². The van der Waals surface area contributed by atoms with Gasteiger partial charge in [0, 0.05) is 18.4 Å². The summed E-state index contributed by atoms with van der Waals surface area (Å²) in [5.41, 5.74) is 0.346. The topological polar surface area (TPSA) is 69.7 Å². The van der Waals surface area contributed by atoms with E-state index in [9.17, 15) is 14.4 Å². The molecule has 0 aromatic rings. The van der Waals surface area contributed by atoms with Gasteiger partial charge in [-0.15, -0.1) is 0 Å². The zero-order valence-electron chi connectivity index (χ0n) is 11.8. The van der Waals surface area contributed by atoms with Gasteiger partial charge in [0.25, 0.3) is 0 Å². The van der Waals surface area contributed by atoms with E-state index < -0.39 is 12.1 Å². The molecule has 0 saturated heterocycles. The van der Waals surface area contributed by atoms with Crippen LogP contribution < -0.4 is 0 Å². The third-order valence-corrected chi connectivity index (χ3v) is 2.56. The first-order chi connectivity index (χ1) is 8.94. The van der Waals surface area contributed by atoms with E-state index in [4.69, 9.17) is 9.47 Å². The van der Waals surface area contributed by atoms with Gasteiger partial charge in [0.15, 0.2) is 0 Å². The van der Waals surface area contributed by atoms with Crippen molar-refractivity contribution in [2.45, 2.75) is 58.3 Å². The van der Waals surface area contributed by atoms with Gasteiger partial charge < -0.3 is 19.1 Å². The molecule has 0 bridgehead atoms.